The summed E-state index contributed by atoms with van der Waals surface area (Å²) >= 11 is 0. The van der Waals surface area contributed by atoms with Crippen molar-refractivity contribution in [2.75, 3.05) is 25.5 Å². The number of ether oxygens (including phenoxy) is 1. The van der Waals surface area contributed by atoms with Crippen molar-refractivity contribution in [3.63, 3.8) is 0 Å². The Morgan fingerprint density at radius 1 is 1.10 bits per heavy atom. The van der Waals surface area contributed by atoms with Crippen LogP contribution < -0.4 is 16.0 Å². The van der Waals surface area contributed by atoms with Crippen LogP contribution in [-0.4, -0.2) is 76.8 Å². The van der Waals surface area contributed by atoms with Gasteiger partial charge in [-0.05, 0) is 32.7 Å². The average Bonchev–Trinajstić information content (AvgIpc) is 2.71. The minimum Gasteiger partial charge on any atom is -0.388 e. The van der Waals surface area contributed by atoms with Gasteiger partial charge in [0.2, 0.25) is 0 Å². The molecule has 0 amide bonds. The third-order valence-electron chi connectivity index (χ3n) is 5.63. The number of nitrogens with one attached hydrogen (secondary N) is 3. The van der Waals surface area contributed by atoms with Crippen LogP contribution in [0.25, 0.3) is 0 Å². The standard InChI is InChI=1S/C18H28F3N5O3/c1-22-10-2-4-11(5-3-10)24-6-13-17(28)16(27)12(9-29-13)25-15-8-23-7-14(26-15)18(19,20)21/h7-8,10-13,16-17,22,24,27-28H,2-6,9H2,1H3,(H,25,26)/t10?,11?,12-,13+,16+,17-/m0/s1. The van der Waals surface area contributed by atoms with Gasteiger partial charge < -0.3 is 30.9 Å². The number of nitrogens with zero attached hydrogens (tertiary/aromatic N) is 2. The van der Waals surface area contributed by atoms with Crippen LogP contribution >= 0.6 is 0 Å². The van der Waals surface area contributed by atoms with E-state index in [2.05, 4.69) is 25.9 Å². The summed E-state index contributed by atoms with van der Waals surface area (Å²) < 4.78 is 43.9. The summed E-state index contributed by atoms with van der Waals surface area (Å²) in [6.45, 7) is 0.415. The van der Waals surface area contributed by atoms with Gasteiger partial charge in [-0.3, -0.25) is 4.98 Å². The number of hydrogen-bond donors (Lipinski definition) is 5. The number of aliphatic hydroxyl groups excluding tert-OH is 2. The summed E-state index contributed by atoms with van der Waals surface area (Å²) in [5.74, 6) is -0.141. The van der Waals surface area contributed by atoms with E-state index in [4.69, 9.17) is 4.74 Å². The van der Waals surface area contributed by atoms with Gasteiger partial charge in [0.15, 0.2) is 5.69 Å². The monoisotopic (exact) mass is 419 g/mol. The molecule has 1 aliphatic carbocycles. The van der Waals surface area contributed by atoms with Gasteiger partial charge in [-0.25, -0.2) is 4.98 Å². The highest BCUT2D eigenvalue weighted by Crippen LogP contribution is 2.28. The molecule has 2 aliphatic rings. The maximum atomic E-state index is 12.8. The zero-order chi connectivity index (χ0) is 21.0. The summed E-state index contributed by atoms with van der Waals surface area (Å²) in [5, 5.41) is 30.1. The van der Waals surface area contributed by atoms with E-state index >= 15 is 0 Å². The lowest BCUT2D eigenvalue weighted by Gasteiger charge is -2.39. The van der Waals surface area contributed by atoms with Crippen LogP contribution in [-0.2, 0) is 10.9 Å². The summed E-state index contributed by atoms with van der Waals surface area (Å²) in [6.07, 6.45) is -1.66. The number of aliphatic hydroxyl groups is 2. The Bertz CT molecular complexity index is 658. The van der Waals surface area contributed by atoms with Crippen molar-refractivity contribution in [2.24, 2.45) is 0 Å². The highest BCUT2D eigenvalue weighted by molar-refractivity contribution is 5.34. The predicted molar refractivity (Wildman–Crippen MR) is 99.3 cm³/mol. The number of hydrogen-bond acceptors (Lipinski definition) is 8. The Morgan fingerprint density at radius 2 is 1.79 bits per heavy atom. The summed E-state index contributed by atoms with van der Waals surface area (Å²) in [7, 11) is 1.96. The summed E-state index contributed by atoms with van der Waals surface area (Å²) in [4.78, 5) is 6.99. The molecule has 0 spiro atoms. The first-order valence-corrected chi connectivity index (χ1v) is 9.82. The molecule has 0 radical (unpaired) electrons. The first kappa shape index (κ1) is 22.2. The lowest BCUT2D eigenvalue weighted by molar-refractivity contribution is -0.141. The maximum Gasteiger partial charge on any atom is 0.434 e. The average molecular weight is 419 g/mol. The number of rotatable bonds is 6. The summed E-state index contributed by atoms with van der Waals surface area (Å²) in [6, 6.07) is 0.0750. The Morgan fingerprint density at radius 3 is 2.45 bits per heavy atom. The molecule has 0 aromatic carbocycles. The van der Waals surface area contributed by atoms with Crippen molar-refractivity contribution < 1.29 is 28.1 Å². The van der Waals surface area contributed by atoms with Crippen LogP contribution in [0.1, 0.15) is 31.4 Å². The number of aromatic nitrogens is 2. The lowest BCUT2D eigenvalue weighted by Crippen LogP contribution is -2.58. The van der Waals surface area contributed by atoms with Crippen molar-refractivity contribution in [1.82, 2.24) is 20.6 Å². The maximum absolute atomic E-state index is 12.8. The quantitative estimate of drug-likeness (QED) is 0.454. The number of halogens is 3. The van der Waals surface area contributed by atoms with Gasteiger partial charge in [0.25, 0.3) is 0 Å². The number of alkyl halides is 3. The van der Waals surface area contributed by atoms with Crippen molar-refractivity contribution in [3.05, 3.63) is 18.1 Å². The van der Waals surface area contributed by atoms with E-state index in [0.29, 0.717) is 24.8 Å². The Kier molecular flexibility index (Phi) is 7.28. The smallest absolute Gasteiger partial charge is 0.388 e. The van der Waals surface area contributed by atoms with Crippen molar-refractivity contribution >= 4 is 5.82 Å². The molecule has 164 valence electrons. The van der Waals surface area contributed by atoms with Gasteiger partial charge >= 0.3 is 6.18 Å². The third-order valence-corrected chi connectivity index (χ3v) is 5.63. The van der Waals surface area contributed by atoms with Crippen molar-refractivity contribution in [1.29, 1.82) is 0 Å². The van der Waals surface area contributed by atoms with E-state index in [1.807, 2.05) is 7.05 Å². The molecule has 11 heteroatoms. The molecule has 1 aromatic rings. The second-order valence-electron chi connectivity index (χ2n) is 7.64. The topological polar surface area (TPSA) is 112 Å². The van der Waals surface area contributed by atoms with Crippen LogP contribution in [0.5, 0.6) is 0 Å². The molecule has 8 nitrogen and oxygen atoms in total. The Hall–Kier alpha value is -1.53. The van der Waals surface area contributed by atoms with Gasteiger partial charge in [-0.2, -0.15) is 13.2 Å². The van der Waals surface area contributed by atoms with Gasteiger partial charge in [0, 0.05) is 18.6 Å². The molecule has 2 fully saturated rings. The summed E-state index contributed by atoms with van der Waals surface area (Å²) in [5.41, 5.74) is -1.13. The minimum absolute atomic E-state index is 0.0228. The van der Waals surface area contributed by atoms with Gasteiger partial charge in [-0.15, -0.1) is 0 Å². The molecule has 0 bridgehead atoms. The fourth-order valence-electron chi connectivity index (χ4n) is 3.82. The van der Waals surface area contributed by atoms with Crippen LogP contribution in [0.3, 0.4) is 0 Å². The molecule has 1 saturated carbocycles. The molecule has 29 heavy (non-hydrogen) atoms. The lowest BCUT2D eigenvalue weighted by atomic mass is 9.91. The van der Waals surface area contributed by atoms with Crippen molar-refractivity contribution in [3.8, 4) is 0 Å². The highest BCUT2D eigenvalue weighted by Gasteiger charge is 2.39. The third kappa shape index (κ3) is 5.76. The first-order chi connectivity index (χ1) is 13.8. The van der Waals surface area contributed by atoms with E-state index in [0.717, 1.165) is 31.9 Å². The van der Waals surface area contributed by atoms with Gasteiger partial charge in [0.1, 0.15) is 18.0 Å². The molecular formula is C18H28F3N5O3. The molecular weight excluding hydrogens is 391 g/mol. The van der Waals surface area contributed by atoms with Crippen LogP contribution in [0.4, 0.5) is 19.0 Å². The molecule has 4 atom stereocenters. The van der Waals surface area contributed by atoms with E-state index < -0.39 is 36.2 Å². The van der Waals surface area contributed by atoms with Crippen LogP contribution in [0, 0.1) is 0 Å². The second-order valence-corrected chi connectivity index (χ2v) is 7.64. The van der Waals surface area contributed by atoms with E-state index in [1.165, 1.54) is 0 Å². The Balaban J connectivity index is 1.50. The van der Waals surface area contributed by atoms with Crippen LogP contribution in [0.15, 0.2) is 12.4 Å². The first-order valence-electron chi connectivity index (χ1n) is 9.82. The molecule has 1 aromatic heterocycles. The van der Waals surface area contributed by atoms with E-state index in [9.17, 15) is 23.4 Å². The second kappa shape index (κ2) is 9.52. The zero-order valence-corrected chi connectivity index (χ0v) is 16.2. The fourth-order valence-corrected chi connectivity index (χ4v) is 3.82. The SMILES string of the molecule is CNC1CCC(NC[C@H]2OC[C@H](Nc3cncc(C(F)(F)F)n3)[C@@H](O)[C@H]2O)CC1. The molecule has 3 rings (SSSR count). The van der Waals surface area contributed by atoms with E-state index in [-0.39, 0.29) is 12.4 Å². The van der Waals surface area contributed by atoms with Crippen LogP contribution in [0.2, 0.25) is 0 Å². The highest BCUT2D eigenvalue weighted by atomic mass is 19.4. The fraction of sp³-hybridized carbons (Fsp3) is 0.778. The largest absolute Gasteiger partial charge is 0.434 e. The molecule has 1 aliphatic heterocycles. The zero-order valence-electron chi connectivity index (χ0n) is 16.2. The van der Waals surface area contributed by atoms with Gasteiger partial charge in [-0.1, -0.05) is 0 Å². The molecule has 5 N–H and O–H groups in total. The molecule has 0 unspecified atom stereocenters. The normalized spacial score (nSPS) is 33.4. The molecule has 1 saturated heterocycles. The molecule has 2 heterocycles. The number of anilines is 1. The van der Waals surface area contributed by atoms with Gasteiger partial charge in [0.05, 0.1) is 31.1 Å². The van der Waals surface area contributed by atoms with E-state index in [1.54, 1.807) is 0 Å². The predicted octanol–water partition coefficient (Wildman–Crippen LogP) is 0.517. The van der Waals surface area contributed by atoms with Crippen molar-refractivity contribution in [2.45, 2.75) is 68.3 Å². The minimum atomic E-state index is -4.62. The Labute approximate surface area is 167 Å².